The van der Waals surface area contributed by atoms with Crippen LogP contribution in [0.15, 0.2) is 97.1 Å². The van der Waals surface area contributed by atoms with Crippen molar-refractivity contribution >= 4 is 34.7 Å². The quantitative estimate of drug-likeness (QED) is 0.255. The normalized spacial score (nSPS) is 12.9. The summed E-state index contributed by atoms with van der Waals surface area (Å²) in [5, 5.41) is 8.79. The van der Waals surface area contributed by atoms with E-state index in [0.717, 1.165) is 54.4 Å². The van der Waals surface area contributed by atoms with Gasteiger partial charge in [0.1, 0.15) is 5.75 Å². The van der Waals surface area contributed by atoms with Crippen molar-refractivity contribution in [3.8, 4) is 5.75 Å². The van der Waals surface area contributed by atoms with Gasteiger partial charge in [-0.15, -0.1) is 0 Å². The smallest absolute Gasteiger partial charge is 0.323 e. The number of aryl methyl sites for hydroxylation is 1. The molecule has 0 aliphatic carbocycles. The summed E-state index contributed by atoms with van der Waals surface area (Å²) in [5.74, 6) is 0.653. The average Bonchev–Trinajstić information content (AvgIpc) is 3.00. The molecule has 1 saturated heterocycles. The molecule has 1 fully saturated rings. The molecule has 1 heterocycles. The van der Waals surface area contributed by atoms with Crippen LogP contribution in [0, 0.1) is 6.92 Å². The van der Waals surface area contributed by atoms with Gasteiger partial charge in [-0.1, -0.05) is 54.6 Å². The van der Waals surface area contributed by atoms with E-state index in [2.05, 4.69) is 31.8 Å². The van der Waals surface area contributed by atoms with Crippen LogP contribution in [0.2, 0.25) is 0 Å². The molecule has 4 aromatic rings. The van der Waals surface area contributed by atoms with Crippen LogP contribution in [-0.2, 0) is 6.54 Å². The van der Waals surface area contributed by atoms with Gasteiger partial charge >= 0.3 is 6.03 Å². The number of amides is 3. The zero-order chi connectivity index (χ0) is 28.6. The van der Waals surface area contributed by atoms with Crippen molar-refractivity contribution < 1.29 is 14.3 Å². The number of nitrogens with zero attached hydrogens (tertiary/aromatic N) is 2. The van der Waals surface area contributed by atoms with E-state index < -0.39 is 0 Å². The SMILES string of the molecule is COc1ccccc1N1CCN(c2ccc(NC(=O)Nc3cccc(C)c3)cc2C(=O)NCc2ccccc2)CC1. The maximum Gasteiger partial charge on any atom is 0.323 e. The number of anilines is 4. The average molecular weight is 550 g/mol. The van der Waals surface area contributed by atoms with Crippen LogP contribution in [0.1, 0.15) is 21.5 Å². The molecule has 5 rings (SSSR count). The van der Waals surface area contributed by atoms with Crippen molar-refractivity contribution in [3.05, 3.63) is 114 Å². The molecular formula is C33H35N5O3. The Morgan fingerprint density at radius 1 is 0.732 bits per heavy atom. The molecule has 0 saturated carbocycles. The van der Waals surface area contributed by atoms with E-state index in [1.165, 1.54) is 0 Å². The van der Waals surface area contributed by atoms with E-state index in [-0.39, 0.29) is 11.9 Å². The summed E-state index contributed by atoms with van der Waals surface area (Å²) in [4.78, 5) is 30.8. The van der Waals surface area contributed by atoms with Crippen LogP contribution in [0.25, 0.3) is 0 Å². The summed E-state index contributed by atoms with van der Waals surface area (Å²) in [5.41, 5.74) is 5.72. The molecule has 0 atom stereocenters. The van der Waals surface area contributed by atoms with E-state index in [9.17, 15) is 9.59 Å². The molecule has 0 radical (unpaired) electrons. The number of piperazine rings is 1. The minimum Gasteiger partial charge on any atom is -0.495 e. The lowest BCUT2D eigenvalue weighted by Gasteiger charge is -2.38. The van der Waals surface area contributed by atoms with Crippen LogP contribution >= 0.6 is 0 Å². The van der Waals surface area contributed by atoms with Crippen molar-refractivity contribution in [1.29, 1.82) is 0 Å². The first-order valence-corrected chi connectivity index (χ1v) is 13.7. The number of nitrogens with one attached hydrogen (secondary N) is 3. The highest BCUT2D eigenvalue weighted by Crippen LogP contribution is 2.31. The monoisotopic (exact) mass is 549 g/mol. The van der Waals surface area contributed by atoms with Crippen LogP contribution in [-0.4, -0.2) is 45.2 Å². The van der Waals surface area contributed by atoms with Crippen molar-refractivity contribution in [2.24, 2.45) is 0 Å². The summed E-state index contributed by atoms with van der Waals surface area (Å²) in [6.45, 7) is 5.41. The Balaban J connectivity index is 1.34. The number of urea groups is 1. The third-order valence-corrected chi connectivity index (χ3v) is 7.12. The van der Waals surface area contributed by atoms with Crippen LogP contribution in [0.3, 0.4) is 0 Å². The highest BCUT2D eigenvalue weighted by atomic mass is 16.5. The zero-order valence-electron chi connectivity index (χ0n) is 23.4. The Morgan fingerprint density at radius 3 is 2.10 bits per heavy atom. The fourth-order valence-corrected chi connectivity index (χ4v) is 5.04. The number of rotatable bonds is 8. The van der Waals surface area contributed by atoms with Gasteiger partial charge in [0.05, 0.1) is 18.4 Å². The van der Waals surface area contributed by atoms with Gasteiger partial charge in [0.25, 0.3) is 5.91 Å². The van der Waals surface area contributed by atoms with E-state index in [1.807, 2.05) is 91.9 Å². The van der Waals surface area contributed by atoms with Crippen LogP contribution in [0.5, 0.6) is 5.75 Å². The van der Waals surface area contributed by atoms with E-state index in [0.29, 0.717) is 23.5 Å². The van der Waals surface area contributed by atoms with Crippen molar-refractivity contribution in [2.75, 3.05) is 53.7 Å². The summed E-state index contributed by atoms with van der Waals surface area (Å²) >= 11 is 0. The first-order chi connectivity index (χ1) is 20.0. The molecular weight excluding hydrogens is 514 g/mol. The number of para-hydroxylation sites is 2. The van der Waals surface area contributed by atoms with Gasteiger partial charge in [0.15, 0.2) is 0 Å². The van der Waals surface area contributed by atoms with Gasteiger partial charge in [0.2, 0.25) is 0 Å². The number of carbonyl (C=O) groups excluding carboxylic acids is 2. The maximum absolute atomic E-state index is 13.5. The molecule has 210 valence electrons. The third kappa shape index (κ3) is 6.97. The minimum atomic E-state index is -0.371. The lowest BCUT2D eigenvalue weighted by molar-refractivity contribution is 0.0951. The van der Waals surface area contributed by atoms with Gasteiger partial charge < -0.3 is 30.5 Å². The lowest BCUT2D eigenvalue weighted by atomic mass is 10.1. The Bertz CT molecular complexity index is 1500. The van der Waals surface area contributed by atoms with Crippen molar-refractivity contribution in [1.82, 2.24) is 5.32 Å². The van der Waals surface area contributed by atoms with E-state index in [4.69, 9.17) is 4.74 Å². The standard InChI is InChI=1S/C33H35N5O3/c1-24-9-8-12-26(21-24)35-33(40)36-27-15-16-29(28(22-27)32(39)34-23-25-10-4-3-5-11-25)37-17-19-38(20-18-37)30-13-6-7-14-31(30)41-2/h3-16,21-22H,17-20,23H2,1-2H3,(H,34,39)(H2,35,36,40). The first kappa shape index (κ1) is 27.6. The largest absolute Gasteiger partial charge is 0.495 e. The number of hydrogen-bond acceptors (Lipinski definition) is 5. The van der Waals surface area contributed by atoms with E-state index >= 15 is 0 Å². The molecule has 3 N–H and O–H groups in total. The van der Waals surface area contributed by atoms with Gasteiger partial charge in [-0.2, -0.15) is 0 Å². The molecule has 1 aliphatic heterocycles. The number of methoxy groups -OCH3 is 1. The second-order valence-corrected chi connectivity index (χ2v) is 9.99. The van der Waals surface area contributed by atoms with Gasteiger partial charge in [-0.3, -0.25) is 4.79 Å². The second kappa shape index (κ2) is 12.9. The molecule has 0 unspecified atom stereocenters. The third-order valence-electron chi connectivity index (χ3n) is 7.12. The van der Waals surface area contributed by atoms with Crippen LogP contribution < -0.4 is 30.5 Å². The number of benzene rings is 4. The van der Waals surface area contributed by atoms with Gasteiger partial charge in [0, 0.05) is 49.8 Å². The molecule has 8 nitrogen and oxygen atoms in total. The fourth-order valence-electron chi connectivity index (χ4n) is 5.04. The first-order valence-electron chi connectivity index (χ1n) is 13.7. The lowest BCUT2D eigenvalue weighted by Crippen LogP contribution is -2.47. The van der Waals surface area contributed by atoms with Crippen molar-refractivity contribution in [2.45, 2.75) is 13.5 Å². The predicted molar refractivity (Wildman–Crippen MR) is 165 cm³/mol. The molecule has 4 aromatic carbocycles. The molecule has 3 amide bonds. The number of ether oxygens (including phenoxy) is 1. The Labute approximate surface area is 240 Å². The number of hydrogen-bond donors (Lipinski definition) is 3. The highest BCUT2D eigenvalue weighted by Gasteiger charge is 2.24. The topological polar surface area (TPSA) is 85.9 Å². The summed E-state index contributed by atoms with van der Waals surface area (Å²) < 4.78 is 5.56. The van der Waals surface area contributed by atoms with Crippen LogP contribution in [0.4, 0.5) is 27.5 Å². The van der Waals surface area contributed by atoms with Gasteiger partial charge in [-0.25, -0.2) is 4.79 Å². The van der Waals surface area contributed by atoms with E-state index in [1.54, 1.807) is 13.2 Å². The fraction of sp³-hybridized carbons (Fsp3) is 0.212. The molecule has 0 bridgehead atoms. The summed E-state index contributed by atoms with van der Waals surface area (Å²) in [6, 6.07) is 30.6. The van der Waals surface area contributed by atoms with Gasteiger partial charge in [-0.05, 0) is 60.5 Å². The molecule has 8 heteroatoms. The minimum absolute atomic E-state index is 0.196. The Hall–Kier alpha value is -4.98. The maximum atomic E-state index is 13.5. The Morgan fingerprint density at radius 2 is 1.39 bits per heavy atom. The molecule has 0 spiro atoms. The number of carbonyl (C=O) groups is 2. The predicted octanol–water partition coefficient (Wildman–Crippen LogP) is 5.90. The summed E-state index contributed by atoms with van der Waals surface area (Å²) in [6.07, 6.45) is 0. The zero-order valence-corrected chi connectivity index (χ0v) is 23.4. The highest BCUT2D eigenvalue weighted by molar-refractivity contribution is 6.04. The van der Waals surface area contributed by atoms with Crippen molar-refractivity contribution in [3.63, 3.8) is 0 Å². The summed E-state index contributed by atoms with van der Waals surface area (Å²) in [7, 11) is 1.69. The molecule has 41 heavy (non-hydrogen) atoms. The second-order valence-electron chi connectivity index (χ2n) is 9.99. The molecule has 1 aliphatic rings. The molecule has 0 aromatic heterocycles. The Kier molecular flexibility index (Phi) is 8.69.